The molecule has 2 amide bonds. The lowest BCUT2D eigenvalue weighted by atomic mass is 9.88. The van der Waals surface area contributed by atoms with Crippen molar-refractivity contribution in [1.29, 1.82) is 0 Å². The van der Waals surface area contributed by atoms with Crippen LogP contribution >= 0.6 is 23.2 Å². The predicted octanol–water partition coefficient (Wildman–Crippen LogP) is 3.83. The van der Waals surface area contributed by atoms with Gasteiger partial charge in [0.25, 0.3) is 5.91 Å². The van der Waals surface area contributed by atoms with Crippen LogP contribution in [0.3, 0.4) is 0 Å². The second-order valence-electron chi connectivity index (χ2n) is 7.13. The van der Waals surface area contributed by atoms with E-state index in [1.807, 2.05) is 6.07 Å². The molecule has 0 saturated carbocycles. The molecule has 2 aromatic rings. The largest absolute Gasteiger partial charge is 0.471 e. The molecule has 0 radical (unpaired) electrons. The van der Waals surface area contributed by atoms with Crippen LogP contribution in [0.25, 0.3) is 5.57 Å². The summed E-state index contributed by atoms with van der Waals surface area (Å²) in [6.45, 7) is 2.78. The van der Waals surface area contributed by atoms with E-state index in [1.165, 1.54) is 0 Å². The van der Waals surface area contributed by atoms with Gasteiger partial charge in [-0.3, -0.25) is 9.59 Å². The summed E-state index contributed by atoms with van der Waals surface area (Å²) in [5, 5.41) is 16.0. The van der Waals surface area contributed by atoms with Crippen molar-refractivity contribution in [2.45, 2.75) is 20.1 Å². The minimum absolute atomic E-state index is 0.108. The fourth-order valence-corrected chi connectivity index (χ4v) is 3.45. The molecule has 8 heteroatoms. The number of amides is 2. The van der Waals surface area contributed by atoms with E-state index in [0.29, 0.717) is 21.3 Å². The lowest BCUT2D eigenvalue weighted by Gasteiger charge is -2.37. The van der Waals surface area contributed by atoms with Crippen molar-refractivity contribution in [2.75, 3.05) is 11.9 Å². The number of aliphatic hydroxyl groups is 1. The van der Waals surface area contributed by atoms with Gasteiger partial charge >= 0.3 is 0 Å². The van der Waals surface area contributed by atoms with Crippen molar-refractivity contribution in [3.8, 4) is 0 Å². The molecule has 0 aromatic heterocycles. The van der Waals surface area contributed by atoms with Crippen LogP contribution in [-0.4, -0.2) is 29.8 Å². The van der Waals surface area contributed by atoms with Crippen LogP contribution in [0.2, 0.25) is 10.0 Å². The van der Waals surface area contributed by atoms with E-state index in [0.717, 1.165) is 0 Å². The monoisotopic (exact) mass is 434 g/mol. The number of hydrogen-bond acceptors (Lipinski definition) is 4. The summed E-state index contributed by atoms with van der Waals surface area (Å²) in [7, 11) is 0. The van der Waals surface area contributed by atoms with E-state index in [2.05, 4.69) is 10.6 Å². The Balaban J connectivity index is 1.85. The molecule has 29 heavy (non-hydrogen) atoms. The molecule has 3 N–H and O–H groups in total. The third-order valence-corrected chi connectivity index (χ3v) is 5.03. The van der Waals surface area contributed by atoms with Gasteiger partial charge in [-0.05, 0) is 37.6 Å². The van der Waals surface area contributed by atoms with E-state index in [4.69, 9.17) is 27.9 Å². The standard InChI is InChI=1S/C21H20Cl2N2O4/c1-21(2,19(28)24-15-9-13(22)8-14(23)10-15)20-25-18(27)17(16(11-26)29-20)12-6-4-3-5-7-12/h3-10,20,26H,11H2,1-2H3,(H,24,28)(H,25,27). The number of benzene rings is 2. The predicted molar refractivity (Wildman–Crippen MR) is 112 cm³/mol. The summed E-state index contributed by atoms with van der Waals surface area (Å²) in [6, 6.07) is 13.6. The van der Waals surface area contributed by atoms with Crippen LogP contribution in [0.5, 0.6) is 0 Å². The van der Waals surface area contributed by atoms with Gasteiger partial charge in [-0.2, -0.15) is 0 Å². The lowest BCUT2D eigenvalue weighted by Crippen LogP contribution is -2.54. The van der Waals surface area contributed by atoms with Crippen molar-refractivity contribution in [3.05, 3.63) is 69.9 Å². The number of carbonyl (C=O) groups excluding carboxylic acids is 2. The third-order valence-electron chi connectivity index (χ3n) is 4.60. The maximum Gasteiger partial charge on any atom is 0.258 e. The SMILES string of the molecule is CC(C)(C(=O)Nc1cc(Cl)cc(Cl)c1)C1NC(=O)C(c2ccccc2)=C(CO)O1. The number of carbonyl (C=O) groups is 2. The van der Waals surface area contributed by atoms with Crippen molar-refractivity contribution < 1.29 is 19.4 Å². The first-order valence-electron chi connectivity index (χ1n) is 8.87. The Bertz CT molecular complexity index is 954. The molecule has 1 unspecified atom stereocenters. The molecule has 3 rings (SSSR count). The van der Waals surface area contributed by atoms with Crippen LogP contribution < -0.4 is 10.6 Å². The van der Waals surface area contributed by atoms with E-state index in [1.54, 1.807) is 56.3 Å². The van der Waals surface area contributed by atoms with E-state index < -0.39 is 30.1 Å². The molecule has 1 heterocycles. The molecule has 0 spiro atoms. The Morgan fingerprint density at radius 1 is 1.17 bits per heavy atom. The maximum absolute atomic E-state index is 12.9. The molecule has 0 fully saturated rings. The highest BCUT2D eigenvalue weighted by Crippen LogP contribution is 2.33. The van der Waals surface area contributed by atoms with Gasteiger partial charge in [0.05, 0.1) is 11.0 Å². The van der Waals surface area contributed by atoms with Crippen molar-refractivity contribution >= 4 is 46.3 Å². The molecule has 6 nitrogen and oxygen atoms in total. The maximum atomic E-state index is 12.9. The molecule has 1 aliphatic heterocycles. The quantitative estimate of drug-likeness (QED) is 0.666. The van der Waals surface area contributed by atoms with Crippen LogP contribution in [-0.2, 0) is 14.3 Å². The minimum atomic E-state index is -1.17. The zero-order chi connectivity index (χ0) is 21.2. The number of rotatable bonds is 5. The average molecular weight is 435 g/mol. The number of anilines is 1. The van der Waals surface area contributed by atoms with Crippen LogP contribution in [0, 0.1) is 5.41 Å². The Kier molecular flexibility index (Phi) is 6.17. The number of halogens is 2. The zero-order valence-electron chi connectivity index (χ0n) is 15.8. The second-order valence-corrected chi connectivity index (χ2v) is 8.00. The molecule has 0 saturated heterocycles. The number of hydrogen-bond donors (Lipinski definition) is 3. The molecule has 2 aromatic carbocycles. The van der Waals surface area contributed by atoms with Crippen LogP contribution in [0.15, 0.2) is 54.3 Å². The summed E-state index contributed by atoms with van der Waals surface area (Å²) in [6.07, 6.45) is -0.987. The summed E-state index contributed by atoms with van der Waals surface area (Å²) in [5.41, 5.74) is 0.101. The van der Waals surface area contributed by atoms with Gasteiger partial charge in [0.2, 0.25) is 5.91 Å². The van der Waals surface area contributed by atoms with Gasteiger partial charge in [0.15, 0.2) is 6.23 Å². The van der Waals surface area contributed by atoms with Gasteiger partial charge < -0.3 is 20.5 Å². The third kappa shape index (κ3) is 4.56. The van der Waals surface area contributed by atoms with Gasteiger partial charge in [0.1, 0.15) is 12.4 Å². The number of nitrogens with one attached hydrogen (secondary N) is 2. The smallest absolute Gasteiger partial charge is 0.258 e. The highest BCUT2D eigenvalue weighted by Gasteiger charge is 2.43. The highest BCUT2D eigenvalue weighted by atomic mass is 35.5. The fourth-order valence-electron chi connectivity index (χ4n) is 2.93. The first-order valence-corrected chi connectivity index (χ1v) is 9.62. The second kappa shape index (κ2) is 8.45. The summed E-state index contributed by atoms with van der Waals surface area (Å²) < 4.78 is 5.83. The topological polar surface area (TPSA) is 87.7 Å². The molecule has 1 aliphatic rings. The summed E-state index contributed by atoms with van der Waals surface area (Å²) in [5.74, 6) is -0.735. The van der Waals surface area contributed by atoms with Crippen molar-refractivity contribution in [1.82, 2.24) is 5.32 Å². The van der Waals surface area contributed by atoms with Crippen LogP contribution in [0.4, 0.5) is 5.69 Å². The Morgan fingerprint density at radius 2 is 1.79 bits per heavy atom. The first-order chi connectivity index (χ1) is 13.7. The number of aliphatic hydroxyl groups excluding tert-OH is 1. The van der Waals surface area contributed by atoms with Gasteiger partial charge in [-0.15, -0.1) is 0 Å². The molecular formula is C21H20Cl2N2O4. The Labute approximate surface area is 178 Å². The first kappa shape index (κ1) is 21.2. The molecule has 152 valence electrons. The average Bonchev–Trinajstić information content (AvgIpc) is 2.67. The van der Waals surface area contributed by atoms with Crippen LogP contribution in [0.1, 0.15) is 19.4 Å². The fraction of sp³-hybridized carbons (Fsp3) is 0.238. The van der Waals surface area contributed by atoms with E-state index in [9.17, 15) is 14.7 Å². The summed E-state index contributed by atoms with van der Waals surface area (Å²) >= 11 is 12.0. The molecule has 1 atom stereocenters. The van der Waals surface area contributed by atoms with E-state index >= 15 is 0 Å². The van der Waals surface area contributed by atoms with Crippen molar-refractivity contribution in [2.24, 2.45) is 5.41 Å². The molecular weight excluding hydrogens is 415 g/mol. The number of ether oxygens (including phenoxy) is 1. The highest BCUT2D eigenvalue weighted by molar-refractivity contribution is 6.35. The Hall–Kier alpha value is -2.54. The minimum Gasteiger partial charge on any atom is -0.471 e. The van der Waals surface area contributed by atoms with Crippen molar-refractivity contribution in [3.63, 3.8) is 0 Å². The lowest BCUT2D eigenvalue weighted by molar-refractivity contribution is -0.138. The molecule has 0 bridgehead atoms. The zero-order valence-corrected chi connectivity index (χ0v) is 17.3. The summed E-state index contributed by atoms with van der Waals surface area (Å²) in [4.78, 5) is 25.7. The Morgan fingerprint density at radius 3 is 2.38 bits per heavy atom. The van der Waals surface area contributed by atoms with Gasteiger partial charge in [-0.25, -0.2) is 0 Å². The van der Waals surface area contributed by atoms with Gasteiger partial charge in [-0.1, -0.05) is 53.5 Å². The normalized spacial score (nSPS) is 16.9. The van der Waals surface area contributed by atoms with Gasteiger partial charge in [0, 0.05) is 15.7 Å². The molecule has 0 aliphatic carbocycles. The van der Waals surface area contributed by atoms with E-state index in [-0.39, 0.29) is 11.3 Å².